The number of nitrogens with zero attached hydrogens (tertiary/aromatic N) is 2. The monoisotopic (exact) mass is 308 g/mol. The third kappa shape index (κ3) is 4.12. The van der Waals surface area contributed by atoms with Crippen molar-refractivity contribution in [1.29, 1.82) is 0 Å². The molecular formula is C15H24N4OS. The lowest BCUT2D eigenvalue weighted by Crippen LogP contribution is -2.41. The molecule has 2 heterocycles. The lowest BCUT2D eigenvalue weighted by molar-refractivity contribution is 0.175. The third-order valence-electron chi connectivity index (χ3n) is 3.53. The van der Waals surface area contributed by atoms with E-state index in [1.807, 2.05) is 11.4 Å². The molecule has 2 rings (SSSR count). The van der Waals surface area contributed by atoms with Crippen LogP contribution in [0.4, 0.5) is 0 Å². The molecule has 6 heteroatoms. The predicted molar refractivity (Wildman–Crippen MR) is 88.9 cm³/mol. The molecule has 0 fully saturated rings. The van der Waals surface area contributed by atoms with E-state index in [9.17, 15) is 4.79 Å². The van der Waals surface area contributed by atoms with Gasteiger partial charge in [0.2, 0.25) is 0 Å². The van der Waals surface area contributed by atoms with Gasteiger partial charge in [-0.1, -0.05) is 0 Å². The molecule has 0 aromatic carbocycles. The van der Waals surface area contributed by atoms with Crippen molar-refractivity contribution in [3.05, 3.63) is 27.6 Å². The molecular weight excluding hydrogens is 284 g/mol. The van der Waals surface area contributed by atoms with Gasteiger partial charge in [0.05, 0.1) is 12.1 Å². The highest BCUT2D eigenvalue weighted by atomic mass is 32.1. The van der Waals surface area contributed by atoms with Crippen molar-refractivity contribution in [2.45, 2.75) is 46.3 Å². The maximum Gasteiger partial charge on any atom is 0.268 e. The number of nitrogens with one attached hydrogen (secondary N) is 2. The summed E-state index contributed by atoms with van der Waals surface area (Å²) < 4.78 is 0.699. The normalized spacial score (nSPS) is 12.1. The van der Waals surface area contributed by atoms with Gasteiger partial charge in [-0.3, -0.25) is 9.69 Å². The smallest absolute Gasteiger partial charge is 0.268 e. The summed E-state index contributed by atoms with van der Waals surface area (Å²) in [5.74, 6) is 0.701. The van der Waals surface area contributed by atoms with Crippen molar-refractivity contribution in [3.63, 3.8) is 0 Å². The molecule has 0 saturated heterocycles. The number of thiophene rings is 1. The number of hydrogen-bond donors (Lipinski definition) is 2. The van der Waals surface area contributed by atoms with Crippen LogP contribution in [0.1, 0.15) is 33.5 Å². The van der Waals surface area contributed by atoms with E-state index < -0.39 is 0 Å². The molecule has 0 atom stereocenters. The Bertz CT molecular complexity index is 624. The van der Waals surface area contributed by atoms with Crippen molar-refractivity contribution in [3.8, 4) is 0 Å². The summed E-state index contributed by atoms with van der Waals surface area (Å²) in [4.78, 5) is 21.6. The number of fused-ring (bicyclic) bond motifs is 1. The molecule has 0 amide bonds. The Labute approximate surface area is 129 Å². The summed E-state index contributed by atoms with van der Waals surface area (Å²) in [5.41, 5.74) is 0.740. The Hall–Kier alpha value is -1.24. The molecule has 0 spiro atoms. The van der Waals surface area contributed by atoms with Gasteiger partial charge < -0.3 is 10.3 Å². The first kappa shape index (κ1) is 16.1. The summed E-state index contributed by atoms with van der Waals surface area (Å²) in [6, 6.07) is 2.96. The zero-order valence-corrected chi connectivity index (χ0v) is 14.0. The third-order valence-corrected chi connectivity index (χ3v) is 4.43. The van der Waals surface area contributed by atoms with E-state index >= 15 is 0 Å². The predicted octanol–water partition coefficient (Wildman–Crippen LogP) is 2.19. The summed E-state index contributed by atoms with van der Waals surface area (Å²) in [6.07, 6.45) is 0. The van der Waals surface area contributed by atoms with Crippen molar-refractivity contribution < 1.29 is 0 Å². The van der Waals surface area contributed by atoms with E-state index in [0.717, 1.165) is 18.6 Å². The van der Waals surface area contributed by atoms with Gasteiger partial charge in [-0.25, -0.2) is 4.98 Å². The fourth-order valence-electron chi connectivity index (χ4n) is 2.53. The lowest BCUT2D eigenvalue weighted by atomic mass is 10.2. The molecule has 0 aliphatic heterocycles. The Morgan fingerprint density at radius 2 is 2.05 bits per heavy atom. The molecule has 2 aromatic rings. The van der Waals surface area contributed by atoms with Gasteiger partial charge in [0.1, 0.15) is 10.5 Å². The van der Waals surface area contributed by atoms with Crippen LogP contribution in [0, 0.1) is 0 Å². The first-order chi connectivity index (χ1) is 9.99. The highest BCUT2D eigenvalue weighted by Crippen LogP contribution is 2.13. The van der Waals surface area contributed by atoms with Gasteiger partial charge in [-0.15, -0.1) is 11.3 Å². The van der Waals surface area contributed by atoms with E-state index in [4.69, 9.17) is 0 Å². The van der Waals surface area contributed by atoms with Crippen LogP contribution in [0.5, 0.6) is 0 Å². The number of H-pyrrole nitrogens is 1. The van der Waals surface area contributed by atoms with Gasteiger partial charge in [-0.05, 0) is 39.1 Å². The second-order valence-electron chi connectivity index (χ2n) is 5.75. The van der Waals surface area contributed by atoms with Crippen molar-refractivity contribution >= 4 is 21.6 Å². The Morgan fingerprint density at radius 3 is 2.71 bits per heavy atom. The first-order valence-corrected chi connectivity index (χ1v) is 8.30. The SMILES string of the molecule is CC(C)N(CCNCc1nc2ccsc2c(=O)[nH]1)C(C)C. The first-order valence-electron chi connectivity index (χ1n) is 7.42. The van der Waals surface area contributed by atoms with E-state index in [0.29, 0.717) is 29.2 Å². The second kappa shape index (κ2) is 7.15. The molecule has 2 N–H and O–H groups in total. The van der Waals surface area contributed by atoms with Crippen LogP contribution in [0.15, 0.2) is 16.2 Å². The van der Waals surface area contributed by atoms with Crippen LogP contribution in [0.25, 0.3) is 10.2 Å². The number of hydrogen-bond acceptors (Lipinski definition) is 5. The van der Waals surface area contributed by atoms with E-state index in [1.165, 1.54) is 11.3 Å². The molecule has 2 aromatic heterocycles. The highest BCUT2D eigenvalue weighted by Gasteiger charge is 2.12. The van der Waals surface area contributed by atoms with Crippen LogP contribution in [0.3, 0.4) is 0 Å². The second-order valence-corrected chi connectivity index (χ2v) is 6.67. The molecule has 0 unspecified atom stereocenters. The van der Waals surface area contributed by atoms with Gasteiger partial charge >= 0.3 is 0 Å². The maximum absolute atomic E-state index is 11.9. The molecule has 0 aliphatic rings. The number of aromatic nitrogens is 2. The van der Waals surface area contributed by atoms with Crippen LogP contribution in [-0.4, -0.2) is 40.0 Å². The maximum atomic E-state index is 11.9. The summed E-state index contributed by atoms with van der Waals surface area (Å²) in [6.45, 7) is 11.3. The van der Waals surface area contributed by atoms with E-state index in [2.05, 4.69) is 47.9 Å². The Morgan fingerprint density at radius 1 is 1.33 bits per heavy atom. The zero-order chi connectivity index (χ0) is 15.4. The molecule has 0 radical (unpaired) electrons. The van der Waals surface area contributed by atoms with Crippen molar-refractivity contribution in [2.75, 3.05) is 13.1 Å². The Balaban J connectivity index is 1.89. The van der Waals surface area contributed by atoms with E-state index in [-0.39, 0.29) is 5.56 Å². The average molecular weight is 308 g/mol. The minimum atomic E-state index is -0.0437. The largest absolute Gasteiger partial charge is 0.309 e. The summed E-state index contributed by atoms with van der Waals surface area (Å²) in [7, 11) is 0. The van der Waals surface area contributed by atoms with Gasteiger partial charge in [0.25, 0.3) is 5.56 Å². The van der Waals surface area contributed by atoms with E-state index in [1.54, 1.807) is 0 Å². The zero-order valence-electron chi connectivity index (χ0n) is 13.1. The van der Waals surface area contributed by atoms with Crippen LogP contribution in [-0.2, 0) is 6.54 Å². The van der Waals surface area contributed by atoms with Crippen molar-refractivity contribution in [2.24, 2.45) is 0 Å². The fraction of sp³-hybridized carbons (Fsp3) is 0.600. The van der Waals surface area contributed by atoms with Gasteiger partial charge in [0.15, 0.2) is 0 Å². The van der Waals surface area contributed by atoms with Crippen LogP contribution >= 0.6 is 11.3 Å². The number of aromatic amines is 1. The average Bonchev–Trinajstić information content (AvgIpc) is 2.86. The van der Waals surface area contributed by atoms with Gasteiger partial charge in [-0.2, -0.15) is 0 Å². The number of rotatable bonds is 7. The van der Waals surface area contributed by atoms with Crippen molar-refractivity contribution in [1.82, 2.24) is 20.2 Å². The minimum Gasteiger partial charge on any atom is -0.309 e. The topological polar surface area (TPSA) is 61.0 Å². The molecule has 116 valence electrons. The summed E-state index contributed by atoms with van der Waals surface area (Å²) >= 11 is 1.43. The Kier molecular flexibility index (Phi) is 5.50. The quantitative estimate of drug-likeness (QED) is 0.770. The highest BCUT2D eigenvalue weighted by molar-refractivity contribution is 7.17. The lowest BCUT2D eigenvalue weighted by Gasteiger charge is -2.30. The molecule has 0 saturated carbocycles. The standard InChI is InChI=1S/C15H24N4OS/c1-10(2)19(11(3)4)7-6-16-9-13-17-12-5-8-21-14(12)15(20)18-13/h5,8,10-11,16H,6-7,9H2,1-4H3,(H,17,18,20). The molecule has 0 aliphatic carbocycles. The minimum absolute atomic E-state index is 0.0437. The van der Waals surface area contributed by atoms with Crippen LogP contribution in [0.2, 0.25) is 0 Å². The molecule has 0 bridgehead atoms. The van der Waals surface area contributed by atoms with Crippen LogP contribution < -0.4 is 10.9 Å². The summed E-state index contributed by atoms with van der Waals surface area (Å²) in [5, 5.41) is 5.25. The fourth-order valence-corrected chi connectivity index (χ4v) is 3.26. The van der Waals surface area contributed by atoms with Gasteiger partial charge in [0, 0.05) is 25.2 Å². The molecule has 5 nitrogen and oxygen atoms in total. The molecule has 21 heavy (non-hydrogen) atoms.